The minimum absolute atomic E-state index is 0.168. The highest BCUT2D eigenvalue weighted by Gasteiger charge is 2.53. The SMILES string of the molecule is CCc1cccc(CC)c1S(=O)(=O)N1CC(C(F)(F)F)CC(C(F)(F)F)C1. The van der Waals surface area contributed by atoms with E-state index in [1.165, 1.54) is 12.1 Å². The molecular weight excluding hydrogens is 396 g/mol. The molecule has 0 aliphatic carbocycles. The number of rotatable bonds is 4. The molecule has 27 heavy (non-hydrogen) atoms. The lowest BCUT2D eigenvalue weighted by molar-refractivity contribution is -0.224. The van der Waals surface area contributed by atoms with E-state index in [9.17, 15) is 34.8 Å². The lowest BCUT2D eigenvalue weighted by Gasteiger charge is -2.38. The van der Waals surface area contributed by atoms with E-state index in [0.29, 0.717) is 28.3 Å². The molecule has 1 aromatic carbocycles. The zero-order valence-corrected chi connectivity index (χ0v) is 15.7. The molecule has 0 spiro atoms. The Balaban J connectivity index is 2.54. The molecule has 0 bridgehead atoms. The standard InChI is InChI=1S/C17H21F6NO2S/c1-3-11-6-5-7-12(4-2)15(11)27(25,26)24-9-13(16(18,19)20)8-14(10-24)17(21,22)23/h5-7,13-14H,3-4,8-10H2,1-2H3. The van der Waals surface area contributed by atoms with Gasteiger partial charge in [-0.1, -0.05) is 32.0 Å². The zero-order chi connectivity index (χ0) is 20.6. The number of sulfonamides is 1. The zero-order valence-electron chi connectivity index (χ0n) is 14.9. The number of piperidine rings is 1. The molecule has 2 atom stereocenters. The molecule has 2 rings (SSSR count). The van der Waals surface area contributed by atoms with Gasteiger partial charge in [-0.2, -0.15) is 30.6 Å². The number of hydrogen-bond donors (Lipinski definition) is 0. The molecule has 1 saturated heterocycles. The van der Waals surface area contributed by atoms with Crippen molar-refractivity contribution in [2.45, 2.75) is 50.4 Å². The van der Waals surface area contributed by atoms with Gasteiger partial charge in [-0.25, -0.2) is 8.42 Å². The van der Waals surface area contributed by atoms with Crippen molar-refractivity contribution in [3.63, 3.8) is 0 Å². The summed E-state index contributed by atoms with van der Waals surface area (Å²) in [6.45, 7) is 1.36. The topological polar surface area (TPSA) is 37.4 Å². The Bertz CT molecular complexity index is 728. The minimum Gasteiger partial charge on any atom is -0.207 e. The molecule has 10 heteroatoms. The van der Waals surface area contributed by atoms with E-state index in [4.69, 9.17) is 0 Å². The molecule has 154 valence electrons. The summed E-state index contributed by atoms with van der Waals surface area (Å²) in [5.74, 6) is -4.71. The van der Waals surface area contributed by atoms with Crippen LogP contribution in [0.15, 0.2) is 23.1 Å². The maximum absolute atomic E-state index is 13.2. The van der Waals surface area contributed by atoms with Crippen LogP contribution in [0.3, 0.4) is 0 Å². The van der Waals surface area contributed by atoms with Gasteiger partial charge in [0.1, 0.15) is 0 Å². The maximum atomic E-state index is 13.2. The van der Waals surface area contributed by atoms with Crippen LogP contribution in [0, 0.1) is 11.8 Å². The van der Waals surface area contributed by atoms with Crippen LogP contribution in [0.4, 0.5) is 26.3 Å². The fourth-order valence-electron chi connectivity index (χ4n) is 3.38. The van der Waals surface area contributed by atoms with Crippen LogP contribution in [-0.4, -0.2) is 38.2 Å². The normalized spacial score (nSPS) is 22.8. The molecule has 1 fully saturated rings. The summed E-state index contributed by atoms with van der Waals surface area (Å²) in [5, 5.41) is 0. The third kappa shape index (κ3) is 4.59. The van der Waals surface area contributed by atoms with Crippen molar-refractivity contribution in [3.8, 4) is 0 Å². The van der Waals surface area contributed by atoms with E-state index >= 15 is 0 Å². The average molecular weight is 417 g/mol. The van der Waals surface area contributed by atoms with E-state index in [2.05, 4.69) is 0 Å². The van der Waals surface area contributed by atoms with E-state index in [-0.39, 0.29) is 4.90 Å². The molecule has 1 aliphatic heterocycles. The van der Waals surface area contributed by atoms with Crippen molar-refractivity contribution in [3.05, 3.63) is 29.3 Å². The predicted molar refractivity (Wildman–Crippen MR) is 87.7 cm³/mol. The van der Waals surface area contributed by atoms with Gasteiger partial charge in [-0.3, -0.25) is 0 Å². The molecular formula is C17H21F6NO2S. The van der Waals surface area contributed by atoms with Crippen LogP contribution in [0.2, 0.25) is 0 Å². The van der Waals surface area contributed by atoms with E-state index in [1.54, 1.807) is 19.9 Å². The highest BCUT2D eigenvalue weighted by molar-refractivity contribution is 7.89. The maximum Gasteiger partial charge on any atom is 0.393 e. The monoisotopic (exact) mass is 417 g/mol. The molecule has 1 aliphatic rings. The molecule has 0 saturated carbocycles. The summed E-state index contributed by atoms with van der Waals surface area (Å²) in [7, 11) is -4.50. The van der Waals surface area contributed by atoms with E-state index < -0.39 is 53.7 Å². The highest BCUT2D eigenvalue weighted by atomic mass is 32.2. The van der Waals surface area contributed by atoms with Crippen LogP contribution in [0.1, 0.15) is 31.4 Å². The van der Waals surface area contributed by atoms with Gasteiger partial charge in [0.2, 0.25) is 10.0 Å². The number of benzene rings is 1. The molecule has 0 aromatic heterocycles. The minimum atomic E-state index is -4.91. The summed E-state index contributed by atoms with van der Waals surface area (Å²) >= 11 is 0. The van der Waals surface area contributed by atoms with E-state index in [0.717, 1.165) is 0 Å². The fourth-order valence-corrected chi connectivity index (χ4v) is 5.48. The first-order chi connectivity index (χ1) is 12.3. The molecule has 1 heterocycles. The van der Waals surface area contributed by atoms with Crippen molar-refractivity contribution in [1.29, 1.82) is 0 Å². The van der Waals surface area contributed by atoms with Gasteiger partial charge < -0.3 is 0 Å². The largest absolute Gasteiger partial charge is 0.393 e. The third-order valence-electron chi connectivity index (χ3n) is 4.88. The van der Waals surface area contributed by atoms with Crippen LogP contribution < -0.4 is 0 Å². The van der Waals surface area contributed by atoms with Gasteiger partial charge in [-0.05, 0) is 30.4 Å². The predicted octanol–water partition coefficient (Wildman–Crippen LogP) is 4.56. The number of alkyl halides is 6. The molecule has 0 radical (unpaired) electrons. The molecule has 3 nitrogen and oxygen atoms in total. The molecule has 0 N–H and O–H groups in total. The van der Waals surface area contributed by atoms with Crippen LogP contribution >= 0.6 is 0 Å². The summed E-state index contributed by atoms with van der Waals surface area (Å²) in [5.41, 5.74) is 0.763. The Kier molecular flexibility index (Phi) is 6.21. The summed E-state index contributed by atoms with van der Waals surface area (Å²) in [4.78, 5) is -0.168. The lowest BCUT2D eigenvalue weighted by atomic mass is 9.89. The van der Waals surface area contributed by atoms with Crippen molar-refractivity contribution in [2.75, 3.05) is 13.1 Å². The van der Waals surface area contributed by atoms with Gasteiger partial charge in [0.25, 0.3) is 0 Å². The van der Waals surface area contributed by atoms with Crippen molar-refractivity contribution < 1.29 is 34.8 Å². The first-order valence-electron chi connectivity index (χ1n) is 8.56. The van der Waals surface area contributed by atoms with Crippen molar-refractivity contribution in [1.82, 2.24) is 4.31 Å². The molecule has 2 unspecified atom stereocenters. The fraction of sp³-hybridized carbons (Fsp3) is 0.647. The number of hydrogen-bond acceptors (Lipinski definition) is 2. The number of nitrogens with zero attached hydrogens (tertiary/aromatic N) is 1. The molecule has 1 aromatic rings. The Labute approximate surface area is 154 Å². The second-order valence-corrected chi connectivity index (χ2v) is 8.52. The highest BCUT2D eigenvalue weighted by Crippen LogP contribution is 2.43. The summed E-state index contributed by atoms with van der Waals surface area (Å²) in [6, 6.07) is 4.68. The Morgan fingerprint density at radius 3 is 1.67 bits per heavy atom. The Morgan fingerprint density at radius 2 is 1.33 bits per heavy atom. The summed E-state index contributed by atoms with van der Waals surface area (Å²) in [6.07, 6.45) is -10.4. The van der Waals surface area contributed by atoms with Crippen LogP contribution in [0.25, 0.3) is 0 Å². The van der Waals surface area contributed by atoms with Crippen molar-refractivity contribution in [2.24, 2.45) is 11.8 Å². The second kappa shape index (κ2) is 7.62. The molecule has 0 amide bonds. The van der Waals surface area contributed by atoms with Gasteiger partial charge in [0, 0.05) is 13.1 Å². The number of halogens is 6. The van der Waals surface area contributed by atoms with Crippen molar-refractivity contribution >= 4 is 10.0 Å². The third-order valence-corrected chi connectivity index (χ3v) is 6.90. The number of aryl methyl sites for hydroxylation is 2. The van der Waals surface area contributed by atoms with Crippen LogP contribution in [0.5, 0.6) is 0 Å². The Morgan fingerprint density at radius 1 is 0.926 bits per heavy atom. The van der Waals surface area contributed by atoms with Gasteiger partial charge in [0.15, 0.2) is 0 Å². The van der Waals surface area contributed by atoms with Gasteiger partial charge in [0.05, 0.1) is 16.7 Å². The first-order valence-corrected chi connectivity index (χ1v) is 10.0. The quantitative estimate of drug-likeness (QED) is 0.674. The summed E-state index contributed by atoms with van der Waals surface area (Å²) < 4.78 is 106. The first kappa shape index (κ1) is 22.0. The van der Waals surface area contributed by atoms with Crippen LogP contribution in [-0.2, 0) is 22.9 Å². The lowest BCUT2D eigenvalue weighted by Crippen LogP contribution is -2.51. The average Bonchev–Trinajstić information content (AvgIpc) is 2.58. The Hall–Kier alpha value is -1.29. The van der Waals surface area contributed by atoms with Gasteiger partial charge >= 0.3 is 12.4 Å². The smallest absolute Gasteiger partial charge is 0.207 e. The van der Waals surface area contributed by atoms with E-state index in [1.807, 2.05) is 0 Å². The van der Waals surface area contributed by atoms with Gasteiger partial charge in [-0.15, -0.1) is 0 Å². The second-order valence-electron chi connectivity index (χ2n) is 6.65.